The zero-order chi connectivity index (χ0) is 24.2. The van der Waals surface area contributed by atoms with Gasteiger partial charge in [0.1, 0.15) is 6.04 Å². The molecule has 7 rings (SSSR count). The Morgan fingerprint density at radius 1 is 0.914 bits per heavy atom. The van der Waals surface area contributed by atoms with Crippen LogP contribution in [0.5, 0.6) is 0 Å². The smallest absolute Gasteiger partial charge is 0.257 e. The summed E-state index contributed by atoms with van der Waals surface area (Å²) in [6.45, 7) is 0.447. The van der Waals surface area contributed by atoms with Gasteiger partial charge in [-0.25, -0.2) is 4.90 Å². The molecule has 0 N–H and O–H groups in total. The van der Waals surface area contributed by atoms with E-state index in [-0.39, 0.29) is 29.6 Å². The van der Waals surface area contributed by atoms with Crippen LogP contribution in [0.1, 0.15) is 50.5 Å². The Hall–Kier alpha value is -2.66. The quantitative estimate of drug-likeness (QED) is 0.519. The van der Waals surface area contributed by atoms with Gasteiger partial charge in [-0.1, -0.05) is 41.9 Å². The number of hydrogen-bond donors (Lipinski definition) is 0. The minimum absolute atomic E-state index is 0.0361. The van der Waals surface area contributed by atoms with E-state index in [1.165, 1.54) is 24.2 Å². The number of hydrogen-bond acceptors (Lipinski definition) is 3. The molecule has 5 fully saturated rings. The topological polar surface area (TPSA) is 57.7 Å². The highest BCUT2D eigenvalue weighted by atomic mass is 35.5. The van der Waals surface area contributed by atoms with E-state index < -0.39 is 6.04 Å². The number of rotatable bonds is 6. The number of carbonyl (C=O) groups is 3. The average molecular weight is 491 g/mol. The predicted octanol–water partition coefficient (Wildman–Crippen LogP) is 5.26. The number of halogens is 1. The second-order valence-electron chi connectivity index (χ2n) is 11.2. The molecule has 1 saturated heterocycles. The molecule has 1 aliphatic heterocycles. The maximum absolute atomic E-state index is 14.4. The maximum atomic E-state index is 14.4. The number of imide groups is 1. The van der Waals surface area contributed by atoms with Gasteiger partial charge >= 0.3 is 0 Å². The molecule has 2 aromatic carbocycles. The van der Waals surface area contributed by atoms with E-state index in [1.807, 2.05) is 18.2 Å². The summed E-state index contributed by atoms with van der Waals surface area (Å²) < 4.78 is 0. The molecule has 6 heteroatoms. The van der Waals surface area contributed by atoms with Crippen molar-refractivity contribution in [3.63, 3.8) is 0 Å². The molecule has 182 valence electrons. The third-order valence-corrected chi connectivity index (χ3v) is 9.07. The van der Waals surface area contributed by atoms with Gasteiger partial charge in [-0.15, -0.1) is 0 Å². The number of carbonyl (C=O) groups excluding carboxylic acids is 3. The second-order valence-corrected chi connectivity index (χ2v) is 11.6. The Morgan fingerprint density at radius 2 is 1.51 bits per heavy atom. The molecule has 1 unspecified atom stereocenters. The maximum Gasteiger partial charge on any atom is 0.257 e. The van der Waals surface area contributed by atoms with E-state index in [2.05, 4.69) is 12.1 Å². The largest absolute Gasteiger partial charge is 0.329 e. The molecule has 1 heterocycles. The summed E-state index contributed by atoms with van der Waals surface area (Å²) in [5.41, 5.74) is 1.28. The third kappa shape index (κ3) is 4.08. The fourth-order valence-corrected chi connectivity index (χ4v) is 7.82. The summed E-state index contributed by atoms with van der Waals surface area (Å²) in [7, 11) is 0. The molecule has 4 bridgehead atoms. The molecule has 4 saturated carbocycles. The van der Waals surface area contributed by atoms with Crippen LogP contribution in [0.4, 0.5) is 5.69 Å². The molecular weight excluding hydrogens is 460 g/mol. The summed E-state index contributed by atoms with van der Waals surface area (Å²) in [6, 6.07) is 16.1. The number of benzene rings is 2. The molecular formula is C29H31ClN2O3. The van der Waals surface area contributed by atoms with Crippen molar-refractivity contribution in [3.05, 3.63) is 65.2 Å². The zero-order valence-corrected chi connectivity index (χ0v) is 20.6. The summed E-state index contributed by atoms with van der Waals surface area (Å²) in [4.78, 5) is 44.1. The molecule has 1 atom stereocenters. The Bertz CT molecular complexity index is 1110. The normalized spacial score (nSPS) is 31.3. The minimum atomic E-state index is -0.748. The Morgan fingerprint density at radius 3 is 2.11 bits per heavy atom. The van der Waals surface area contributed by atoms with Crippen molar-refractivity contribution in [3.8, 4) is 0 Å². The van der Waals surface area contributed by atoms with Crippen molar-refractivity contribution in [2.24, 2.45) is 23.2 Å². The highest BCUT2D eigenvalue weighted by molar-refractivity contribution is 6.30. The lowest BCUT2D eigenvalue weighted by atomic mass is 9.49. The van der Waals surface area contributed by atoms with E-state index in [0.29, 0.717) is 41.4 Å². The van der Waals surface area contributed by atoms with Crippen molar-refractivity contribution < 1.29 is 14.4 Å². The second kappa shape index (κ2) is 8.77. The summed E-state index contributed by atoms with van der Waals surface area (Å²) in [6.07, 6.45) is 7.28. The van der Waals surface area contributed by atoms with Gasteiger partial charge in [-0.3, -0.25) is 14.4 Å². The van der Waals surface area contributed by atoms with Gasteiger partial charge in [0.15, 0.2) is 0 Å². The van der Waals surface area contributed by atoms with Gasteiger partial charge in [0.25, 0.3) is 5.91 Å². The predicted molar refractivity (Wildman–Crippen MR) is 135 cm³/mol. The molecule has 4 aliphatic carbocycles. The van der Waals surface area contributed by atoms with Crippen molar-refractivity contribution in [1.29, 1.82) is 0 Å². The van der Waals surface area contributed by atoms with Crippen LogP contribution in [-0.2, 0) is 20.8 Å². The van der Waals surface area contributed by atoms with E-state index in [1.54, 1.807) is 29.2 Å². The Balaban J connectivity index is 1.30. The van der Waals surface area contributed by atoms with Crippen molar-refractivity contribution in [2.45, 2.75) is 57.4 Å². The van der Waals surface area contributed by atoms with E-state index in [9.17, 15) is 14.4 Å². The first-order chi connectivity index (χ1) is 16.9. The lowest BCUT2D eigenvalue weighted by molar-refractivity contribution is -0.161. The summed E-state index contributed by atoms with van der Waals surface area (Å²) >= 11 is 6.02. The van der Waals surface area contributed by atoms with Crippen LogP contribution in [0, 0.1) is 23.2 Å². The van der Waals surface area contributed by atoms with Gasteiger partial charge in [0.2, 0.25) is 11.8 Å². The molecule has 35 heavy (non-hydrogen) atoms. The highest BCUT2D eigenvalue weighted by Crippen LogP contribution is 2.60. The lowest BCUT2D eigenvalue weighted by Gasteiger charge is -2.57. The highest BCUT2D eigenvalue weighted by Gasteiger charge is 2.57. The van der Waals surface area contributed by atoms with Gasteiger partial charge in [-0.05, 0) is 92.5 Å². The van der Waals surface area contributed by atoms with Crippen LogP contribution >= 0.6 is 11.6 Å². The number of nitrogens with zero attached hydrogens (tertiary/aromatic N) is 2. The summed E-state index contributed by atoms with van der Waals surface area (Å²) in [5.74, 6) is 1.44. The third-order valence-electron chi connectivity index (χ3n) is 8.82. The first-order valence-electron chi connectivity index (χ1n) is 12.9. The molecule has 3 amide bonds. The van der Waals surface area contributed by atoms with Gasteiger partial charge in [-0.2, -0.15) is 0 Å². The monoisotopic (exact) mass is 490 g/mol. The first-order valence-corrected chi connectivity index (χ1v) is 13.3. The fraction of sp³-hybridized carbons (Fsp3) is 0.483. The SMILES string of the molecule is O=C1CC(N(CCc2ccccc2)C(=O)C23CC4CC(CC(C4)C2)C3)C(=O)N1c1ccc(Cl)cc1. The standard InChI is InChI=1S/C29H31ClN2O3/c30-23-6-8-24(9-7-23)32-26(33)15-25(27(32)34)31(11-10-19-4-2-1-3-5-19)28(35)29-16-20-12-21(17-29)14-22(13-20)18-29/h1-9,20-22,25H,10-18H2. The van der Waals surface area contributed by atoms with Crippen molar-refractivity contribution in [1.82, 2.24) is 4.90 Å². The molecule has 5 nitrogen and oxygen atoms in total. The molecule has 2 aromatic rings. The van der Waals surface area contributed by atoms with Crippen LogP contribution < -0.4 is 4.90 Å². The van der Waals surface area contributed by atoms with Gasteiger partial charge < -0.3 is 4.90 Å². The van der Waals surface area contributed by atoms with E-state index in [4.69, 9.17) is 11.6 Å². The Labute approximate surface area is 211 Å². The number of anilines is 1. The lowest BCUT2D eigenvalue weighted by Crippen LogP contribution is -2.58. The fourth-order valence-electron chi connectivity index (χ4n) is 7.69. The number of amides is 3. The molecule has 5 aliphatic rings. The first kappa shape index (κ1) is 22.8. The van der Waals surface area contributed by atoms with Crippen LogP contribution in [0.15, 0.2) is 54.6 Å². The Kier molecular flexibility index (Phi) is 5.71. The van der Waals surface area contributed by atoms with Crippen molar-refractivity contribution in [2.75, 3.05) is 11.4 Å². The zero-order valence-electron chi connectivity index (χ0n) is 19.9. The van der Waals surface area contributed by atoms with Crippen LogP contribution in [0.25, 0.3) is 0 Å². The van der Waals surface area contributed by atoms with E-state index in [0.717, 1.165) is 24.8 Å². The van der Waals surface area contributed by atoms with Crippen LogP contribution in [0.2, 0.25) is 5.02 Å². The molecule has 0 aromatic heterocycles. The van der Waals surface area contributed by atoms with Crippen LogP contribution in [0.3, 0.4) is 0 Å². The van der Waals surface area contributed by atoms with Crippen molar-refractivity contribution >= 4 is 35.0 Å². The average Bonchev–Trinajstić information content (AvgIpc) is 3.13. The minimum Gasteiger partial charge on any atom is -0.329 e. The van der Waals surface area contributed by atoms with Gasteiger partial charge in [0.05, 0.1) is 17.5 Å². The molecule has 0 spiro atoms. The summed E-state index contributed by atoms with van der Waals surface area (Å²) in [5, 5.41) is 0.547. The van der Waals surface area contributed by atoms with E-state index >= 15 is 0 Å². The molecule has 0 radical (unpaired) electrons. The van der Waals surface area contributed by atoms with Crippen LogP contribution in [-0.4, -0.2) is 35.2 Å². The van der Waals surface area contributed by atoms with Gasteiger partial charge in [0, 0.05) is 11.6 Å².